The molecule has 1 aromatic rings. The van der Waals surface area contributed by atoms with Crippen LogP contribution in [-0.4, -0.2) is 19.5 Å². The van der Waals surface area contributed by atoms with Gasteiger partial charge in [0.2, 0.25) is 0 Å². The van der Waals surface area contributed by atoms with Crippen molar-refractivity contribution >= 4 is 0 Å². The van der Waals surface area contributed by atoms with Gasteiger partial charge in [0.25, 0.3) is 0 Å². The summed E-state index contributed by atoms with van der Waals surface area (Å²) < 4.78 is 39.7. The molecule has 1 saturated heterocycles. The van der Waals surface area contributed by atoms with Gasteiger partial charge >= 0.3 is 6.36 Å². The first-order chi connectivity index (χ1) is 8.04. The molecule has 0 spiro atoms. The van der Waals surface area contributed by atoms with Gasteiger partial charge in [0.1, 0.15) is 5.75 Å². The van der Waals surface area contributed by atoms with Gasteiger partial charge < -0.3 is 10.1 Å². The molecule has 1 aliphatic heterocycles. The zero-order valence-corrected chi connectivity index (χ0v) is 9.26. The summed E-state index contributed by atoms with van der Waals surface area (Å²) >= 11 is 0. The van der Waals surface area contributed by atoms with Crippen molar-refractivity contribution in [3.63, 3.8) is 0 Å². The maximum atomic E-state index is 12.0. The van der Waals surface area contributed by atoms with Gasteiger partial charge in [0, 0.05) is 0 Å². The van der Waals surface area contributed by atoms with Crippen LogP contribution in [0.25, 0.3) is 0 Å². The second kappa shape index (κ2) is 4.96. The molecule has 0 radical (unpaired) electrons. The maximum Gasteiger partial charge on any atom is 0.573 e. The predicted molar refractivity (Wildman–Crippen MR) is 58.0 cm³/mol. The number of benzene rings is 1. The first kappa shape index (κ1) is 12.2. The van der Waals surface area contributed by atoms with E-state index in [1.54, 1.807) is 12.1 Å². The molecule has 0 atom stereocenters. The van der Waals surface area contributed by atoms with Crippen molar-refractivity contribution in [3.8, 4) is 5.75 Å². The summed E-state index contributed by atoms with van der Waals surface area (Å²) in [4.78, 5) is 0. The third kappa shape index (κ3) is 3.63. The second-order valence-corrected chi connectivity index (χ2v) is 4.14. The van der Waals surface area contributed by atoms with E-state index in [1.165, 1.54) is 12.1 Å². The lowest BCUT2D eigenvalue weighted by molar-refractivity contribution is -0.274. The summed E-state index contributed by atoms with van der Waals surface area (Å²) in [5, 5.41) is 3.25. The molecule has 17 heavy (non-hydrogen) atoms. The van der Waals surface area contributed by atoms with E-state index in [-0.39, 0.29) is 5.75 Å². The van der Waals surface area contributed by atoms with Crippen LogP contribution in [0.5, 0.6) is 5.75 Å². The first-order valence-electron chi connectivity index (χ1n) is 5.61. The first-order valence-corrected chi connectivity index (χ1v) is 5.61. The van der Waals surface area contributed by atoms with E-state index >= 15 is 0 Å². The third-order valence-electron chi connectivity index (χ3n) is 2.92. The number of halogens is 3. The van der Waals surface area contributed by atoms with E-state index in [9.17, 15) is 13.2 Å². The zero-order valence-electron chi connectivity index (χ0n) is 9.26. The van der Waals surface area contributed by atoms with Crippen LogP contribution in [0.2, 0.25) is 0 Å². The fraction of sp³-hybridized carbons (Fsp3) is 0.500. The molecule has 0 aliphatic carbocycles. The standard InChI is InChI=1S/C12H14F3NO/c13-12(14,15)17-11-3-1-9(2-4-11)10-5-7-16-8-6-10/h1-4,10,16H,5-8H2. The van der Waals surface area contributed by atoms with Crippen LogP contribution in [-0.2, 0) is 0 Å². The highest BCUT2D eigenvalue weighted by Crippen LogP contribution is 2.28. The van der Waals surface area contributed by atoms with Crippen LogP contribution < -0.4 is 10.1 Å². The number of hydrogen-bond donors (Lipinski definition) is 1. The van der Waals surface area contributed by atoms with Crippen molar-refractivity contribution in [1.29, 1.82) is 0 Å². The number of alkyl halides is 3. The summed E-state index contributed by atoms with van der Waals surface area (Å²) in [6, 6.07) is 6.20. The van der Waals surface area contributed by atoms with Crippen molar-refractivity contribution < 1.29 is 17.9 Å². The predicted octanol–water partition coefficient (Wildman–Crippen LogP) is 3.05. The Kier molecular flexibility index (Phi) is 3.57. The smallest absolute Gasteiger partial charge is 0.406 e. The van der Waals surface area contributed by atoms with E-state index in [0.717, 1.165) is 31.5 Å². The summed E-state index contributed by atoms with van der Waals surface area (Å²) in [6.45, 7) is 1.93. The summed E-state index contributed by atoms with van der Waals surface area (Å²) in [6.07, 6.45) is -2.56. The number of piperidine rings is 1. The molecule has 5 heteroatoms. The van der Waals surface area contributed by atoms with Crippen LogP contribution in [0.3, 0.4) is 0 Å². The van der Waals surface area contributed by atoms with Crippen LogP contribution in [0.1, 0.15) is 24.3 Å². The Morgan fingerprint density at radius 2 is 1.65 bits per heavy atom. The molecule has 2 rings (SSSR count). The van der Waals surface area contributed by atoms with Gasteiger partial charge in [-0.25, -0.2) is 0 Å². The SMILES string of the molecule is FC(F)(F)Oc1ccc(C2CCNCC2)cc1. The molecule has 1 fully saturated rings. The van der Waals surface area contributed by atoms with Gasteiger partial charge in [-0.1, -0.05) is 12.1 Å². The fourth-order valence-electron chi connectivity index (χ4n) is 2.10. The normalized spacial score (nSPS) is 18.1. The molecular formula is C12H14F3NO. The lowest BCUT2D eigenvalue weighted by Gasteiger charge is -2.23. The average molecular weight is 245 g/mol. The molecule has 0 amide bonds. The number of rotatable bonds is 2. The van der Waals surface area contributed by atoms with E-state index in [1.807, 2.05) is 0 Å². The topological polar surface area (TPSA) is 21.3 Å². The molecule has 0 aromatic heterocycles. The van der Waals surface area contributed by atoms with Crippen LogP contribution in [0, 0.1) is 0 Å². The van der Waals surface area contributed by atoms with Gasteiger partial charge in [-0.2, -0.15) is 0 Å². The molecule has 0 bridgehead atoms. The Morgan fingerprint density at radius 3 is 2.18 bits per heavy atom. The van der Waals surface area contributed by atoms with Crippen LogP contribution in [0.4, 0.5) is 13.2 Å². The third-order valence-corrected chi connectivity index (χ3v) is 2.92. The monoisotopic (exact) mass is 245 g/mol. The molecule has 0 unspecified atom stereocenters. The minimum atomic E-state index is -4.61. The molecule has 1 N–H and O–H groups in total. The van der Waals surface area contributed by atoms with Crippen molar-refractivity contribution in [2.75, 3.05) is 13.1 Å². The maximum absolute atomic E-state index is 12.0. The number of hydrogen-bond acceptors (Lipinski definition) is 2. The zero-order chi connectivity index (χ0) is 12.3. The minimum Gasteiger partial charge on any atom is -0.406 e. The molecule has 2 nitrogen and oxygen atoms in total. The molecule has 1 aromatic carbocycles. The lowest BCUT2D eigenvalue weighted by Crippen LogP contribution is -2.26. The average Bonchev–Trinajstić information content (AvgIpc) is 2.29. The van der Waals surface area contributed by atoms with Crippen molar-refractivity contribution in [2.24, 2.45) is 0 Å². The highest BCUT2D eigenvalue weighted by molar-refractivity contribution is 5.29. The Morgan fingerprint density at radius 1 is 1.06 bits per heavy atom. The highest BCUT2D eigenvalue weighted by atomic mass is 19.4. The van der Waals surface area contributed by atoms with Crippen LogP contribution in [0.15, 0.2) is 24.3 Å². The van der Waals surface area contributed by atoms with E-state index in [4.69, 9.17) is 0 Å². The van der Waals surface area contributed by atoms with Gasteiger partial charge in [-0.15, -0.1) is 13.2 Å². The Hall–Kier alpha value is -1.23. The molecule has 94 valence electrons. The van der Waals surface area contributed by atoms with Gasteiger partial charge in [0.05, 0.1) is 0 Å². The van der Waals surface area contributed by atoms with Gasteiger partial charge in [-0.05, 0) is 49.5 Å². The Bertz CT molecular complexity index is 355. The Balaban J connectivity index is 2.02. The highest BCUT2D eigenvalue weighted by Gasteiger charge is 2.31. The van der Waals surface area contributed by atoms with E-state index < -0.39 is 6.36 Å². The van der Waals surface area contributed by atoms with Gasteiger partial charge in [0.15, 0.2) is 0 Å². The quantitative estimate of drug-likeness (QED) is 0.864. The van der Waals surface area contributed by atoms with Crippen molar-refractivity contribution in [2.45, 2.75) is 25.1 Å². The minimum absolute atomic E-state index is 0.157. The van der Waals surface area contributed by atoms with E-state index in [2.05, 4.69) is 10.1 Å². The summed E-state index contributed by atoms with van der Waals surface area (Å²) in [7, 11) is 0. The number of nitrogens with one attached hydrogen (secondary N) is 1. The molecular weight excluding hydrogens is 231 g/mol. The molecule has 0 saturated carbocycles. The summed E-state index contributed by atoms with van der Waals surface area (Å²) in [5.74, 6) is 0.284. The van der Waals surface area contributed by atoms with Gasteiger partial charge in [-0.3, -0.25) is 0 Å². The van der Waals surface area contributed by atoms with Crippen molar-refractivity contribution in [1.82, 2.24) is 5.32 Å². The number of ether oxygens (including phenoxy) is 1. The molecule has 1 heterocycles. The van der Waals surface area contributed by atoms with E-state index in [0.29, 0.717) is 5.92 Å². The van der Waals surface area contributed by atoms with Crippen molar-refractivity contribution in [3.05, 3.63) is 29.8 Å². The lowest BCUT2D eigenvalue weighted by atomic mass is 9.90. The Labute approximate surface area is 97.8 Å². The summed E-state index contributed by atoms with van der Waals surface area (Å²) in [5.41, 5.74) is 1.08. The van der Waals surface area contributed by atoms with Crippen LogP contribution >= 0.6 is 0 Å². The second-order valence-electron chi connectivity index (χ2n) is 4.14. The largest absolute Gasteiger partial charge is 0.573 e. The molecule has 1 aliphatic rings. The fourth-order valence-corrected chi connectivity index (χ4v) is 2.10.